The van der Waals surface area contributed by atoms with Crippen LogP contribution in [-0.2, 0) is 14.3 Å². The summed E-state index contributed by atoms with van der Waals surface area (Å²) in [6.45, 7) is 1.95. The van der Waals surface area contributed by atoms with Crippen molar-refractivity contribution in [1.29, 1.82) is 0 Å². The summed E-state index contributed by atoms with van der Waals surface area (Å²) < 4.78 is 5.34. The number of carboxylic acids is 1. The molecule has 1 aromatic rings. The number of ether oxygens (including phenoxy) is 1. The lowest BCUT2D eigenvalue weighted by Crippen LogP contribution is -2.47. The van der Waals surface area contributed by atoms with Crippen LogP contribution in [0.1, 0.15) is 25.0 Å². The van der Waals surface area contributed by atoms with Gasteiger partial charge in [0.25, 0.3) is 5.91 Å². The van der Waals surface area contributed by atoms with E-state index in [2.05, 4.69) is 0 Å². The maximum atomic E-state index is 12.8. The Morgan fingerprint density at radius 2 is 2.10 bits per heavy atom. The van der Waals surface area contributed by atoms with E-state index >= 15 is 0 Å². The van der Waals surface area contributed by atoms with Crippen molar-refractivity contribution in [1.82, 2.24) is 4.90 Å². The van der Waals surface area contributed by atoms with Crippen LogP contribution in [0.25, 0.3) is 0 Å². The number of carboxylic acid groups (broad SMARTS) is 1. The van der Waals surface area contributed by atoms with E-state index < -0.39 is 18.1 Å². The molecule has 0 spiro atoms. The number of methoxy groups -OCH3 is 1. The summed E-state index contributed by atoms with van der Waals surface area (Å²) in [5.41, 5.74) is 0.737. The number of rotatable bonds is 5. The average Bonchev–Trinajstić information content (AvgIpc) is 2.93. The van der Waals surface area contributed by atoms with E-state index in [1.807, 2.05) is 37.3 Å². The number of thioether (sulfide) groups is 1. The van der Waals surface area contributed by atoms with Gasteiger partial charge in [-0.05, 0) is 12.0 Å². The number of nitrogens with zero attached hydrogens (tertiary/aromatic N) is 1. The first kappa shape index (κ1) is 15.9. The Morgan fingerprint density at radius 1 is 1.43 bits per heavy atom. The molecule has 21 heavy (non-hydrogen) atoms. The number of carbonyl (C=O) groups excluding carboxylic acids is 1. The van der Waals surface area contributed by atoms with Crippen LogP contribution in [0.3, 0.4) is 0 Å². The lowest BCUT2D eigenvalue weighted by atomic mass is 10.1. The molecule has 1 heterocycles. The van der Waals surface area contributed by atoms with Gasteiger partial charge in [-0.25, -0.2) is 4.79 Å². The fraction of sp³-hybridized carbons (Fsp3) is 0.467. The molecule has 0 aromatic heterocycles. The average molecular weight is 309 g/mol. The molecule has 5 nitrogen and oxygen atoms in total. The van der Waals surface area contributed by atoms with E-state index in [0.29, 0.717) is 12.2 Å². The van der Waals surface area contributed by atoms with Crippen molar-refractivity contribution in [3.8, 4) is 0 Å². The fourth-order valence-electron chi connectivity index (χ4n) is 2.51. The molecule has 1 amide bonds. The lowest BCUT2D eigenvalue weighted by Gasteiger charge is -2.30. The van der Waals surface area contributed by atoms with Crippen molar-refractivity contribution in [2.24, 2.45) is 0 Å². The number of aliphatic carboxylic acids is 1. The maximum absolute atomic E-state index is 12.8. The molecule has 0 bridgehead atoms. The monoisotopic (exact) mass is 309 g/mol. The standard InChI is InChI=1S/C15H19NO4S/c1-3-12-16(11(9-21-12)15(18)19)14(17)13(20-2)10-7-5-4-6-8-10/h4-8,11-13H,3,9H2,1-2H3,(H,18,19). The molecule has 1 N–H and O–H groups in total. The van der Waals surface area contributed by atoms with Crippen molar-refractivity contribution in [2.75, 3.05) is 12.9 Å². The molecular formula is C15H19NO4S. The van der Waals surface area contributed by atoms with Crippen molar-refractivity contribution in [2.45, 2.75) is 30.9 Å². The highest BCUT2D eigenvalue weighted by atomic mass is 32.2. The van der Waals surface area contributed by atoms with Crippen LogP contribution in [-0.4, -0.2) is 46.2 Å². The van der Waals surface area contributed by atoms with Gasteiger partial charge in [0, 0.05) is 12.9 Å². The molecule has 6 heteroatoms. The minimum Gasteiger partial charge on any atom is -0.480 e. The molecule has 0 aliphatic carbocycles. The Bertz CT molecular complexity index is 508. The summed E-state index contributed by atoms with van der Waals surface area (Å²) in [5, 5.41) is 9.21. The second-order valence-corrected chi connectivity index (χ2v) is 6.03. The highest BCUT2D eigenvalue weighted by molar-refractivity contribution is 8.00. The Balaban J connectivity index is 2.28. The van der Waals surface area contributed by atoms with E-state index in [-0.39, 0.29) is 11.3 Å². The minimum atomic E-state index is -0.963. The van der Waals surface area contributed by atoms with E-state index in [9.17, 15) is 14.7 Å². The van der Waals surface area contributed by atoms with Gasteiger partial charge in [-0.3, -0.25) is 4.79 Å². The van der Waals surface area contributed by atoms with Gasteiger partial charge >= 0.3 is 5.97 Å². The third-order valence-electron chi connectivity index (χ3n) is 3.54. The quantitative estimate of drug-likeness (QED) is 0.902. The fourth-order valence-corrected chi connectivity index (χ4v) is 3.86. The molecule has 1 aromatic carbocycles. The maximum Gasteiger partial charge on any atom is 0.327 e. The number of amides is 1. The zero-order valence-electron chi connectivity index (χ0n) is 12.1. The highest BCUT2D eigenvalue weighted by Gasteiger charge is 2.43. The summed E-state index contributed by atoms with van der Waals surface area (Å²) in [6, 6.07) is 8.37. The summed E-state index contributed by atoms with van der Waals surface area (Å²) >= 11 is 1.51. The molecule has 1 aliphatic rings. The number of carbonyl (C=O) groups is 2. The van der Waals surface area contributed by atoms with Crippen molar-refractivity contribution in [3.63, 3.8) is 0 Å². The predicted octanol–water partition coefficient (Wildman–Crippen LogP) is 2.14. The van der Waals surface area contributed by atoms with Gasteiger partial charge in [-0.2, -0.15) is 0 Å². The van der Waals surface area contributed by atoms with E-state index in [1.165, 1.54) is 23.8 Å². The van der Waals surface area contributed by atoms with Crippen LogP contribution >= 0.6 is 11.8 Å². The Morgan fingerprint density at radius 3 is 2.62 bits per heavy atom. The zero-order chi connectivity index (χ0) is 15.4. The minimum absolute atomic E-state index is 0.111. The first-order chi connectivity index (χ1) is 10.1. The third-order valence-corrected chi connectivity index (χ3v) is 5.00. The van der Waals surface area contributed by atoms with Gasteiger partial charge < -0.3 is 14.7 Å². The van der Waals surface area contributed by atoms with Gasteiger partial charge in [0.1, 0.15) is 6.04 Å². The van der Waals surface area contributed by atoms with Crippen LogP contribution in [0.5, 0.6) is 0 Å². The second-order valence-electron chi connectivity index (χ2n) is 4.82. The van der Waals surface area contributed by atoms with Crippen molar-refractivity contribution < 1.29 is 19.4 Å². The van der Waals surface area contributed by atoms with E-state index in [1.54, 1.807) is 0 Å². The third kappa shape index (κ3) is 3.22. The molecule has 114 valence electrons. The van der Waals surface area contributed by atoms with Gasteiger partial charge in [-0.1, -0.05) is 37.3 Å². The Kier molecular flexibility index (Phi) is 5.25. The number of benzene rings is 1. The molecule has 0 saturated carbocycles. The molecule has 1 fully saturated rings. The smallest absolute Gasteiger partial charge is 0.327 e. The molecule has 0 radical (unpaired) electrons. The van der Waals surface area contributed by atoms with Crippen LogP contribution < -0.4 is 0 Å². The largest absolute Gasteiger partial charge is 0.480 e. The summed E-state index contributed by atoms with van der Waals surface area (Å²) in [7, 11) is 1.47. The zero-order valence-corrected chi connectivity index (χ0v) is 12.9. The van der Waals surface area contributed by atoms with Crippen molar-refractivity contribution >= 4 is 23.6 Å². The topological polar surface area (TPSA) is 66.8 Å². The number of hydrogen-bond donors (Lipinski definition) is 1. The second kappa shape index (κ2) is 6.95. The SMILES string of the molecule is CCC1SCC(C(=O)O)N1C(=O)C(OC)c1ccccc1. The van der Waals surface area contributed by atoms with Gasteiger partial charge in [0.05, 0.1) is 5.37 Å². The van der Waals surface area contributed by atoms with Crippen LogP contribution in [0.4, 0.5) is 0 Å². The van der Waals surface area contributed by atoms with E-state index in [0.717, 1.165) is 5.56 Å². The lowest BCUT2D eigenvalue weighted by molar-refractivity contribution is -0.154. The highest BCUT2D eigenvalue weighted by Crippen LogP contribution is 2.34. The summed E-state index contributed by atoms with van der Waals surface area (Å²) in [4.78, 5) is 25.6. The molecule has 3 atom stereocenters. The van der Waals surface area contributed by atoms with Gasteiger partial charge in [-0.15, -0.1) is 11.8 Å². The first-order valence-corrected chi connectivity index (χ1v) is 7.89. The molecule has 2 rings (SSSR count). The molecule has 1 aliphatic heterocycles. The normalized spacial score (nSPS) is 23.0. The molecule has 1 saturated heterocycles. The van der Waals surface area contributed by atoms with E-state index in [4.69, 9.17) is 4.74 Å². The van der Waals surface area contributed by atoms with Gasteiger partial charge in [0.15, 0.2) is 6.10 Å². The Hall–Kier alpha value is -1.53. The molecular weight excluding hydrogens is 290 g/mol. The van der Waals surface area contributed by atoms with Crippen molar-refractivity contribution in [3.05, 3.63) is 35.9 Å². The Labute approximate surface area is 128 Å². The van der Waals surface area contributed by atoms with Crippen LogP contribution in [0, 0.1) is 0 Å². The number of hydrogen-bond acceptors (Lipinski definition) is 4. The molecule has 3 unspecified atom stereocenters. The van der Waals surface area contributed by atoms with Gasteiger partial charge in [0.2, 0.25) is 0 Å². The first-order valence-electron chi connectivity index (χ1n) is 6.84. The van der Waals surface area contributed by atoms with Crippen LogP contribution in [0.2, 0.25) is 0 Å². The summed E-state index contributed by atoms with van der Waals surface area (Å²) in [6.07, 6.45) is -0.0494. The van der Waals surface area contributed by atoms with Crippen LogP contribution in [0.15, 0.2) is 30.3 Å². The summed E-state index contributed by atoms with van der Waals surface area (Å²) in [5.74, 6) is -0.826. The predicted molar refractivity (Wildman–Crippen MR) is 81.0 cm³/mol.